The van der Waals surface area contributed by atoms with Crippen LogP contribution in [0.3, 0.4) is 0 Å². The van der Waals surface area contributed by atoms with E-state index in [2.05, 4.69) is 52.9 Å². The molecule has 1 heterocycles. The summed E-state index contributed by atoms with van der Waals surface area (Å²) >= 11 is 0. The second-order valence-corrected chi connectivity index (χ2v) is 10.5. The van der Waals surface area contributed by atoms with Crippen molar-refractivity contribution >= 4 is 22.9 Å². The van der Waals surface area contributed by atoms with E-state index >= 15 is 0 Å². The summed E-state index contributed by atoms with van der Waals surface area (Å²) in [4.78, 5) is 27.0. The summed E-state index contributed by atoms with van der Waals surface area (Å²) in [6, 6.07) is 31.1. The average molecular weight is 586 g/mol. The van der Waals surface area contributed by atoms with E-state index in [1.807, 2.05) is 60.7 Å². The smallest absolute Gasteiger partial charge is 0.345 e. The van der Waals surface area contributed by atoms with E-state index in [0.29, 0.717) is 18.8 Å². The first kappa shape index (κ1) is 30.1. The first-order valence-electron chi connectivity index (χ1n) is 14.7. The maximum Gasteiger partial charge on any atom is 0.345 e. The highest BCUT2D eigenvalue weighted by atomic mass is 16.6. The number of hydrogen-bond donors (Lipinski definition) is 0. The fraction of sp³-hybridized carbons (Fsp3) is 0.216. The molecular formula is C37H35N3O4. The van der Waals surface area contributed by atoms with E-state index in [0.717, 1.165) is 39.6 Å². The zero-order chi connectivity index (χ0) is 30.7. The molecule has 0 aliphatic rings. The molecule has 0 bridgehead atoms. The molecule has 0 radical (unpaired) electrons. The molecule has 4 aromatic carbocycles. The van der Waals surface area contributed by atoms with E-state index in [1.165, 1.54) is 30.2 Å². The highest BCUT2D eigenvalue weighted by Crippen LogP contribution is 2.19. The van der Waals surface area contributed by atoms with Crippen molar-refractivity contribution in [1.82, 2.24) is 14.7 Å². The SMILES string of the molecule is CCCCc1ccc(C#Cc2ccc(CN(Cc3ccc(OCC(=O)OC)cc3)C(=O)n3ncc4ccccc43)cc2)cc1. The topological polar surface area (TPSA) is 73.7 Å². The summed E-state index contributed by atoms with van der Waals surface area (Å²) in [5, 5.41) is 5.29. The molecule has 0 saturated heterocycles. The molecule has 0 aliphatic carbocycles. The average Bonchev–Trinajstić information content (AvgIpc) is 3.50. The Kier molecular flexibility index (Phi) is 10.1. The molecule has 222 valence electrons. The van der Waals surface area contributed by atoms with Crippen molar-refractivity contribution in [3.05, 3.63) is 131 Å². The fourth-order valence-electron chi connectivity index (χ4n) is 4.76. The van der Waals surface area contributed by atoms with Crippen LogP contribution in [0.4, 0.5) is 4.79 Å². The molecule has 0 aliphatic heterocycles. The zero-order valence-corrected chi connectivity index (χ0v) is 25.0. The number of benzene rings is 4. The molecule has 0 N–H and O–H groups in total. The van der Waals surface area contributed by atoms with Crippen LogP contribution in [0, 0.1) is 11.8 Å². The van der Waals surface area contributed by atoms with Crippen molar-refractivity contribution in [3.8, 4) is 17.6 Å². The van der Waals surface area contributed by atoms with E-state index in [9.17, 15) is 9.59 Å². The van der Waals surface area contributed by atoms with Crippen LogP contribution in [-0.2, 0) is 29.0 Å². The summed E-state index contributed by atoms with van der Waals surface area (Å²) in [5.41, 5.74) is 5.86. The number of aromatic nitrogens is 2. The lowest BCUT2D eigenvalue weighted by molar-refractivity contribution is -0.142. The van der Waals surface area contributed by atoms with Crippen molar-refractivity contribution in [3.63, 3.8) is 0 Å². The lowest BCUT2D eigenvalue weighted by atomic mass is 10.1. The molecule has 0 atom stereocenters. The molecular weight excluding hydrogens is 550 g/mol. The minimum Gasteiger partial charge on any atom is -0.482 e. The van der Waals surface area contributed by atoms with Gasteiger partial charge in [0.15, 0.2) is 6.61 Å². The van der Waals surface area contributed by atoms with E-state index in [-0.39, 0.29) is 12.6 Å². The van der Waals surface area contributed by atoms with Crippen molar-refractivity contribution < 1.29 is 19.1 Å². The van der Waals surface area contributed by atoms with E-state index < -0.39 is 5.97 Å². The monoisotopic (exact) mass is 585 g/mol. The summed E-state index contributed by atoms with van der Waals surface area (Å²) in [6.45, 7) is 2.76. The molecule has 0 fully saturated rings. The van der Waals surface area contributed by atoms with Crippen LogP contribution in [0.2, 0.25) is 0 Å². The minimum atomic E-state index is -0.453. The first-order valence-corrected chi connectivity index (χ1v) is 14.7. The molecule has 0 unspecified atom stereocenters. The van der Waals surface area contributed by atoms with Gasteiger partial charge in [-0.25, -0.2) is 9.59 Å². The zero-order valence-electron chi connectivity index (χ0n) is 25.0. The van der Waals surface area contributed by atoms with Crippen molar-refractivity contribution in [1.29, 1.82) is 0 Å². The van der Waals surface area contributed by atoms with Gasteiger partial charge in [0.2, 0.25) is 0 Å². The van der Waals surface area contributed by atoms with Crippen LogP contribution >= 0.6 is 0 Å². The Morgan fingerprint density at radius 2 is 1.39 bits per heavy atom. The highest BCUT2D eigenvalue weighted by Gasteiger charge is 2.20. The number of methoxy groups -OCH3 is 1. The molecule has 7 heteroatoms. The third-order valence-electron chi connectivity index (χ3n) is 7.26. The Morgan fingerprint density at radius 1 is 0.795 bits per heavy atom. The Bertz CT molecular complexity index is 1760. The number of rotatable bonds is 10. The maximum atomic E-state index is 13.8. The second-order valence-electron chi connectivity index (χ2n) is 10.5. The third-order valence-corrected chi connectivity index (χ3v) is 7.26. The number of ether oxygens (including phenoxy) is 2. The van der Waals surface area contributed by atoms with Crippen molar-refractivity contribution in [2.45, 2.75) is 39.3 Å². The largest absolute Gasteiger partial charge is 0.482 e. The third kappa shape index (κ3) is 7.93. The van der Waals surface area contributed by atoms with Gasteiger partial charge in [-0.05, 0) is 72.0 Å². The predicted molar refractivity (Wildman–Crippen MR) is 171 cm³/mol. The lowest BCUT2D eigenvalue weighted by Gasteiger charge is -2.23. The molecule has 0 saturated carbocycles. The van der Waals surface area contributed by atoms with E-state index in [4.69, 9.17) is 4.74 Å². The molecule has 0 spiro atoms. The van der Waals surface area contributed by atoms with Gasteiger partial charge in [0.25, 0.3) is 0 Å². The molecule has 5 aromatic rings. The number of carbonyl (C=O) groups excluding carboxylic acids is 2. The van der Waals surface area contributed by atoms with Crippen LogP contribution < -0.4 is 4.74 Å². The van der Waals surface area contributed by atoms with Gasteiger partial charge in [-0.3, -0.25) is 0 Å². The molecule has 44 heavy (non-hydrogen) atoms. The fourth-order valence-corrected chi connectivity index (χ4v) is 4.76. The first-order chi connectivity index (χ1) is 21.5. The number of esters is 1. The Balaban J connectivity index is 1.32. The predicted octanol–water partition coefficient (Wildman–Crippen LogP) is 7.00. The summed E-state index contributed by atoms with van der Waals surface area (Å²) in [7, 11) is 1.32. The number of aryl methyl sites for hydroxylation is 1. The standard InChI is InChI=1S/C37H35N3O4/c1-3-4-7-28-10-12-29(13-11-28)14-15-30-16-18-31(19-17-30)25-39(37(42)40-35-9-6-5-8-33(35)24-38-40)26-32-20-22-34(23-21-32)44-27-36(41)43-2/h5-6,8-13,16-24H,3-4,7,25-27H2,1-2H3. The number of para-hydroxylation sites is 1. The quantitative estimate of drug-likeness (QED) is 0.130. The normalized spacial score (nSPS) is 10.6. The second kappa shape index (κ2) is 14.7. The van der Waals surface area contributed by atoms with Gasteiger partial charge in [-0.15, -0.1) is 0 Å². The van der Waals surface area contributed by atoms with Crippen molar-refractivity contribution in [2.75, 3.05) is 13.7 Å². The molecule has 1 aromatic heterocycles. The number of carbonyl (C=O) groups is 2. The van der Waals surface area contributed by atoms with Gasteiger partial charge in [0.05, 0.1) is 18.8 Å². The summed E-state index contributed by atoms with van der Waals surface area (Å²) < 4.78 is 11.5. The number of unbranched alkanes of at least 4 members (excludes halogenated alkanes) is 1. The van der Waals surface area contributed by atoms with Gasteiger partial charge in [0.1, 0.15) is 5.75 Å². The molecule has 1 amide bonds. The van der Waals surface area contributed by atoms with Crippen LogP contribution in [0.15, 0.2) is 103 Å². The van der Waals surface area contributed by atoms with Gasteiger partial charge >= 0.3 is 12.0 Å². The van der Waals surface area contributed by atoms with Crippen LogP contribution in [-0.4, -0.2) is 40.4 Å². The number of fused-ring (bicyclic) bond motifs is 1. The Hall–Kier alpha value is -5.35. The van der Waals surface area contributed by atoms with Gasteiger partial charge in [0, 0.05) is 29.6 Å². The van der Waals surface area contributed by atoms with Gasteiger partial charge in [-0.2, -0.15) is 9.78 Å². The maximum absolute atomic E-state index is 13.8. The molecule has 7 nitrogen and oxygen atoms in total. The van der Waals surface area contributed by atoms with Crippen LogP contribution in [0.5, 0.6) is 5.75 Å². The minimum absolute atomic E-state index is 0.168. The van der Waals surface area contributed by atoms with Gasteiger partial charge < -0.3 is 14.4 Å². The van der Waals surface area contributed by atoms with E-state index in [1.54, 1.807) is 23.2 Å². The van der Waals surface area contributed by atoms with Crippen LogP contribution in [0.25, 0.3) is 10.9 Å². The highest BCUT2D eigenvalue weighted by molar-refractivity contribution is 5.89. The number of hydrogen-bond acceptors (Lipinski definition) is 5. The summed E-state index contributed by atoms with van der Waals surface area (Å²) in [5.74, 6) is 6.59. The number of nitrogens with zero attached hydrogens (tertiary/aromatic N) is 3. The van der Waals surface area contributed by atoms with Crippen molar-refractivity contribution in [2.24, 2.45) is 0 Å². The van der Waals surface area contributed by atoms with Gasteiger partial charge in [-0.1, -0.05) is 79.8 Å². The lowest BCUT2D eigenvalue weighted by Crippen LogP contribution is -2.34. The Labute approximate surface area is 258 Å². The summed E-state index contributed by atoms with van der Waals surface area (Å²) in [6.07, 6.45) is 5.17. The van der Waals surface area contributed by atoms with Crippen LogP contribution in [0.1, 0.15) is 47.6 Å². The number of amides is 1. The molecule has 5 rings (SSSR count). The Morgan fingerprint density at radius 3 is 2.00 bits per heavy atom.